The van der Waals surface area contributed by atoms with E-state index in [1.807, 2.05) is 0 Å². The Labute approximate surface area is 158 Å². The number of hydrogen-bond donors (Lipinski definition) is 0. The second-order valence-corrected chi connectivity index (χ2v) is 9.35. The van der Waals surface area contributed by atoms with Crippen LogP contribution in [-0.2, 0) is 33.1 Å². The van der Waals surface area contributed by atoms with Gasteiger partial charge >= 0.3 is 12.8 Å². The van der Waals surface area contributed by atoms with Gasteiger partial charge in [-0.15, -0.1) is 0 Å². The minimum Gasteiger partial charge on any atom is -0.417 e. The van der Waals surface area contributed by atoms with Gasteiger partial charge in [0.15, 0.2) is 20.6 Å². The number of rotatable bonds is 6. The highest BCUT2D eigenvalue weighted by Gasteiger charge is 2.44. The van der Waals surface area contributed by atoms with Crippen LogP contribution < -0.4 is 4.74 Å². The van der Waals surface area contributed by atoms with Gasteiger partial charge in [-0.2, -0.15) is 27.1 Å². The molecule has 28 heavy (non-hydrogen) atoms. The highest BCUT2D eigenvalue weighted by atomic mass is 32.2. The first-order chi connectivity index (χ1) is 12.6. The maximum absolute atomic E-state index is 13.4. The molecule has 7 nitrogen and oxygen atoms in total. The fraction of sp³-hybridized carbons (Fsp3) is 0.733. The second kappa shape index (κ2) is 7.48. The van der Waals surface area contributed by atoms with Gasteiger partial charge in [0, 0.05) is 13.0 Å². The van der Waals surface area contributed by atoms with Crippen molar-refractivity contribution in [3.05, 3.63) is 11.3 Å². The summed E-state index contributed by atoms with van der Waals surface area (Å²) in [6.07, 6.45) is -5.23. The van der Waals surface area contributed by atoms with E-state index in [0.29, 0.717) is 4.68 Å². The molecule has 1 aromatic heterocycles. The number of halogens is 5. The van der Waals surface area contributed by atoms with Crippen molar-refractivity contribution in [3.63, 3.8) is 0 Å². The normalized spacial score (nSPS) is 17.2. The number of sulfone groups is 1. The SMILES string of the molecule is CC(C)Cn1nc(C(F)(F)F)c(CS(=O)(=O)C2=NOC(C)(C)C2)c1OC(F)F. The van der Waals surface area contributed by atoms with Gasteiger partial charge in [0.2, 0.25) is 5.88 Å². The number of aromatic nitrogens is 2. The summed E-state index contributed by atoms with van der Waals surface area (Å²) in [5.41, 5.74) is -3.52. The average Bonchev–Trinajstić information content (AvgIpc) is 3.00. The van der Waals surface area contributed by atoms with E-state index in [0.717, 1.165) is 0 Å². The maximum atomic E-state index is 13.4. The third-order valence-electron chi connectivity index (χ3n) is 3.67. The molecule has 0 aromatic carbocycles. The van der Waals surface area contributed by atoms with Crippen molar-refractivity contribution in [2.45, 2.75) is 64.8 Å². The highest BCUT2D eigenvalue weighted by molar-refractivity contribution is 8.05. The third kappa shape index (κ3) is 5.11. The minimum atomic E-state index is -5.07. The van der Waals surface area contributed by atoms with Crippen LogP contribution in [0.15, 0.2) is 5.16 Å². The molecule has 2 heterocycles. The molecule has 1 aromatic rings. The standard InChI is InChI=1S/C15H20F5N3O4S/c1-8(2)6-23-12(26-13(16)17)9(11(21-23)15(18,19)20)7-28(24,25)10-5-14(3,4)27-22-10/h8,13H,5-7H2,1-4H3. The van der Waals surface area contributed by atoms with E-state index in [-0.39, 0.29) is 18.9 Å². The van der Waals surface area contributed by atoms with E-state index >= 15 is 0 Å². The fourth-order valence-electron chi connectivity index (χ4n) is 2.57. The summed E-state index contributed by atoms with van der Waals surface area (Å²) in [6.45, 7) is 2.71. The largest absolute Gasteiger partial charge is 0.435 e. The van der Waals surface area contributed by atoms with Crippen LogP contribution in [0.1, 0.15) is 45.4 Å². The smallest absolute Gasteiger partial charge is 0.417 e. The quantitative estimate of drug-likeness (QED) is 0.641. The van der Waals surface area contributed by atoms with E-state index in [2.05, 4.69) is 15.0 Å². The Bertz CT molecular complexity index is 860. The van der Waals surface area contributed by atoms with Crippen LogP contribution in [0.4, 0.5) is 22.0 Å². The Balaban J connectivity index is 2.55. The van der Waals surface area contributed by atoms with Gasteiger partial charge in [-0.1, -0.05) is 19.0 Å². The first kappa shape index (κ1) is 22.4. The molecular weight excluding hydrogens is 413 g/mol. The van der Waals surface area contributed by atoms with Gasteiger partial charge in [-0.05, 0) is 19.8 Å². The number of alkyl halides is 5. The van der Waals surface area contributed by atoms with Gasteiger partial charge in [0.1, 0.15) is 5.60 Å². The molecule has 1 aliphatic heterocycles. The van der Waals surface area contributed by atoms with Gasteiger partial charge in [0.05, 0.1) is 11.3 Å². The number of hydrogen-bond acceptors (Lipinski definition) is 6. The van der Waals surface area contributed by atoms with Crippen molar-refractivity contribution in [2.24, 2.45) is 11.1 Å². The fourth-order valence-corrected chi connectivity index (χ4v) is 4.10. The molecule has 0 N–H and O–H groups in total. The lowest BCUT2D eigenvalue weighted by atomic mass is 10.1. The molecule has 0 unspecified atom stereocenters. The van der Waals surface area contributed by atoms with Crippen molar-refractivity contribution < 1.29 is 39.9 Å². The van der Waals surface area contributed by atoms with Crippen molar-refractivity contribution in [1.82, 2.24) is 9.78 Å². The lowest BCUT2D eigenvalue weighted by Crippen LogP contribution is -2.24. The Kier molecular flexibility index (Phi) is 5.98. The Morgan fingerprint density at radius 1 is 1.29 bits per heavy atom. The molecule has 2 rings (SSSR count). The Morgan fingerprint density at radius 3 is 2.32 bits per heavy atom. The zero-order valence-electron chi connectivity index (χ0n) is 15.5. The first-order valence-electron chi connectivity index (χ1n) is 8.22. The number of oxime groups is 1. The van der Waals surface area contributed by atoms with E-state index in [9.17, 15) is 30.4 Å². The minimum absolute atomic E-state index is 0.165. The summed E-state index contributed by atoms with van der Waals surface area (Å²) >= 11 is 0. The van der Waals surface area contributed by atoms with E-state index in [1.54, 1.807) is 27.7 Å². The van der Waals surface area contributed by atoms with Gasteiger partial charge < -0.3 is 9.57 Å². The summed E-state index contributed by atoms with van der Waals surface area (Å²) in [5, 5.41) is 6.27. The first-order valence-corrected chi connectivity index (χ1v) is 9.87. The van der Waals surface area contributed by atoms with Crippen LogP contribution in [0.2, 0.25) is 0 Å². The van der Waals surface area contributed by atoms with Crippen LogP contribution in [0.5, 0.6) is 5.88 Å². The molecular formula is C15H20F5N3O4S. The molecule has 0 atom stereocenters. The highest BCUT2D eigenvalue weighted by Crippen LogP contribution is 2.38. The summed E-state index contributed by atoms with van der Waals surface area (Å²) in [5.74, 6) is -2.45. The Morgan fingerprint density at radius 2 is 1.89 bits per heavy atom. The van der Waals surface area contributed by atoms with Crippen LogP contribution >= 0.6 is 0 Å². The summed E-state index contributed by atoms with van der Waals surface area (Å²) in [6, 6.07) is 0. The predicted octanol–water partition coefficient (Wildman–Crippen LogP) is 3.59. The van der Waals surface area contributed by atoms with Crippen molar-refractivity contribution >= 4 is 14.9 Å². The average molecular weight is 433 g/mol. The van der Waals surface area contributed by atoms with E-state index in [1.165, 1.54) is 0 Å². The van der Waals surface area contributed by atoms with Crippen molar-refractivity contribution in [1.29, 1.82) is 0 Å². The number of nitrogens with zero attached hydrogens (tertiary/aromatic N) is 3. The van der Waals surface area contributed by atoms with Crippen molar-refractivity contribution in [2.75, 3.05) is 0 Å². The number of ether oxygens (including phenoxy) is 1. The summed E-state index contributed by atoms with van der Waals surface area (Å²) in [7, 11) is -4.39. The zero-order valence-corrected chi connectivity index (χ0v) is 16.4. The van der Waals surface area contributed by atoms with Gasteiger partial charge in [-0.3, -0.25) is 0 Å². The monoisotopic (exact) mass is 433 g/mol. The lowest BCUT2D eigenvalue weighted by Gasteiger charge is -2.14. The molecule has 13 heteroatoms. The molecule has 0 aliphatic carbocycles. The third-order valence-corrected chi connectivity index (χ3v) is 5.28. The van der Waals surface area contributed by atoms with Crippen LogP contribution in [0, 0.1) is 5.92 Å². The maximum Gasteiger partial charge on any atom is 0.435 e. The summed E-state index contributed by atoms with van der Waals surface area (Å²) < 4.78 is 95.9. The zero-order chi connectivity index (χ0) is 21.5. The van der Waals surface area contributed by atoms with Crippen LogP contribution in [0.25, 0.3) is 0 Å². The molecule has 0 bridgehead atoms. The molecule has 0 spiro atoms. The van der Waals surface area contributed by atoms with Gasteiger partial charge in [0.25, 0.3) is 0 Å². The Hall–Kier alpha value is -1.92. The topological polar surface area (TPSA) is 82.8 Å². The van der Waals surface area contributed by atoms with E-state index < -0.39 is 56.2 Å². The lowest BCUT2D eigenvalue weighted by molar-refractivity contribution is -0.142. The van der Waals surface area contributed by atoms with Crippen LogP contribution in [-0.4, -0.2) is 35.5 Å². The molecule has 0 amide bonds. The van der Waals surface area contributed by atoms with Crippen LogP contribution in [0.3, 0.4) is 0 Å². The predicted molar refractivity (Wildman–Crippen MR) is 88.5 cm³/mol. The van der Waals surface area contributed by atoms with Crippen molar-refractivity contribution in [3.8, 4) is 5.88 Å². The molecule has 0 saturated heterocycles. The molecule has 160 valence electrons. The molecule has 1 aliphatic rings. The molecule has 0 radical (unpaired) electrons. The summed E-state index contributed by atoms with van der Waals surface area (Å²) in [4.78, 5) is 4.94. The molecule has 0 saturated carbocycles. The molecule has 0 fully saturated rings. The van der Waals surface area contributed by atoms with E-state index in [4.69, 9.17) is 4.84 Å². The second-order valence-electron chi connectivity index (χ2n) is 7.36. The van der Waals surface area contributed by atoms with Gasteiger partial charge in [-0.25, -0.2) is 13.1 Å².